The molecular weight excluding hydrogens is 231 g/mol. The Hall–Kier alpha value is -1.42. The predicted octanol–water partition coefficient (Wildman–Crippen LogP) is 2.39. The number of benzene rings is 1. The molecule has 0 heterocycles. The highest BCUT2D eigenvalue weighted by Gasteiger charge is 2.27. The van der Waals surface area contributed by atoms with Crippen LogP contribution in [-0.2, 0) is 4.79 Å². The monoisotopic (exact) mass is 252 g/mol. The van der Waals surface area contributed by atoms with Gasteiger partial charge in [-0.15, -0.1) is 0 Å². The molecule has 0 saturated carbocycles. The van der Waals surface area contributed by atoms with Gasteiger partial charge < -0.3 is 10.6 Å². The van der Waals surface area contributed by atoms with Crippen molar-refractivity contribution in [3.63, 3.8) is 0 Å². The molecule has 0 aliphatic carbocycles. The third-order valence-corrected chi connectivity index (χ3v) is 2.90. The van der Waals surface area contributed by atoms with Crippen molar-refractivity contribution in [3.05, 3.63) is 35.6 Å². The second-order valence-electron chi connectivity index (χ2n) is 4.90. The van der Waals surface area contributed by atoms with Gasteiger partial charge in [0.2, 0.25) is 5.91 Å². The number of halogens is 1. The zero-order valence-corrected chi connectivity index (χ0v) is 11.4. The number of hydrogen-bond donors (Lipinski definition) is 2. The highest BCUT2D eigenvalue weighted by atomic mass is 19.1. The van der Waals surface area contributed by atoms with Crippen molar-refractivity contribution >= 4 is 5.91 Å². The molecule has 0 bridgehead atoms. The summed E-state index contributed by atoms with van der Waals surface area (Å²) in [5.74, 6) is -0.341. The summed E-state index contributed by atoms with van der Waals surface area (Å²) in [4.78, 5) is 12.1. The van der Waals surface area contributed by atoms with Gasteiger partial charge in [-0.2, -0.15) is 0 Å². The van der Waals surface area contributed by atoms with E-state index in [9.17, 15) is 9.18 Å². The van der Waals surface area contributed by atoms with Gasteiger partial charge in [-0.05, 0) is 45.0 Å². The van der Waals surface area contributed by atoms with Crippen molar-refractivity contribution in [2.24, 2.45) is 0 Å². The Labute approximate surface area is 108 Å². The smallest absolute Gasteiger partial charge is 0.240 e. The lowest BCUT2D eigenvalue weighted by Crippen LogP contribution is -2.52. The zero-order valence-electron chi connectivity index (χ0n) is 11.4. The first-order valence-corrected chi connectivity index (χ1v) is 6.18. The molecule has 1 atom stereocenters. The summed E-state index contributed by atoms with van der Waals surface area (Å²) in [6.07, 6.45) is 0. The summed E-state index contributed by atoms with van der Waals surface area (Å²) in [5.41, 5.74) is 0.278. The lowest BCUT2D eigenvalue weighted by molar-refractivity contribution is -0.127. The Balaban J connectivity index is 2.67. The van der Waals surface area contributed by atoms with Gasteiger partial charge in [0.25, 0.3) is 0 Å². The Morgan fingerprint density at radius 2 is 1.89 bits per heavy atom. The van der Waals surface area contributed by atoms with Crippen molar-refractivity contribution in [1.82, 2.24) is 10.6 Å². The summed E-state index contributed by atoms with van der Waals surface area (Å²) >= 11 is 0. The van der Waals surface area contributed by atoms with Gasteiger partial charge in [0.1, 0.15) is 5.82 Å². The number of amides is 1. The summed E-state index contributed by atoms with van der Waals surface area (Å²) in [6, 6.07) is 6.01. The lowest BCUT2D eigenvalue weighted by atomic mass is 10.0. The molecule has 3 nitrogen and oxygen atoms in total. The molecule has 0 unspecified atom stereocenters. The normalized spacial score (nSPS) is 13.2. The maximum absolute atomic E-state index is 12.8. The molecular formula is C14H21FN2O. The van der Waals surface area contributed by atoms with Crippen molar-refractivity contribution in [1.29, 1.82) is 0 Å². The van der Waals surface area contributed by atoms with Gasteiger partial charge in [0.05, 0.1) is 11.6 Å². The first kappa shape index (κ1) is 14.6. The van der Waals surface area contributed by atoms with E-state index in [2.05, 4.69) is 10.6 Å². The molecule has 2 N–H and O–H groups in total. The van der Waals surface area contributed by atoms with Crippen LogP contribution in [0.2, 0.25) is 0 Å². The molecule has 18 heavy (non-hydrogen) atoms. The van der Waals surface area contributed by atoms with E-state index in [-0.39, 0.29) is 17.8 Å². The molecule has 0 radical (unpaired) electrons. The van der Waals surface area contributed by atoms with Crippen molar-refractivity contribution < 1.29 is 9.18 Å². The van der Waals surface area contributed by atoms with Crippen molar-refractivity contribution in [3.8, 4) is 0 Å². The number of carbonyl (C=O) groups excluding carboxylic acids is 1. The quantitative estimate of drug-likeness (QED) is 0.845. The van der Waals surface area contributed by atoms with Crippen LogP contribution in [0.4, 0.5) is 4.39 Å². The number of hydrogen-bond acceptors (Lipinski definition) is 2. The highest BCUT2D eigenvalue weighted by Crippen LogP contribution is 2.14. The fourth-order valence-electron chi connectivity index (χ4n) is 1.73. The molecule has 100 valence electrons. The van der Waals surface area contributed by atoms with Gasteiger partial charge >= 0.3 is 0 Å². The topological polar surface area (TPSA) is 41.1 Å². The SMILES string of the molecule is CCNC(C)(C)C(=O)N[C@H](C)c1ccc(F)cc1. The van der Waals surface area contributed by atoms with Gasteiger partial charge in [-0.25, -0.2) is 4.39 Å². The summed E-state index contributed by atoms with van der Waals surface area (Å²) in [5, 5.41) is 6.03. The second-order valence-corrected chi connectivity index (χ2v) is 4.90. The van der Waals surface area contributed by atoms with Gasteiger partial charge in [0.15, 0.2) is 0 Å². The largest absolute Gasteiger partial charge is 0.348 e. The van der Waals surface area contributed by atoms with E-state index in [0.717, 1.165) is 12.1 Å². The number of rotatable bonds is 5. The summed E-state index contributed by atoms with van der Waals surface area (Å²) < 4.78 is 12.8. The molecule has 1 aromatic rings. The van der Waals surface area contributed by atoms with Crippen LogP contribution in [-0.4, -0.2) is 18.0 Å². The number of carbonyl (C=O) groups is 1. The van der Waals surface area contributed by atoms with Crippen LogP contribution in [0.5, 0.6) is 0 Å². The Morgan fingerprint density at radius 1 is 1.33 bits per heavy atom. The standard InChI is InChI=1S/C14H21FN2O/c1-5-16-14(3,4)13(18)17-10(2)11-6-8-12(15)9-7-11/h6-10,16H,5H2,1-4H3,(H,17,18)/t10-/m1/s1. The zero-order chi connectivity index (χ0) is 13.8. The van der Waals surface area contributed by atoms with E-state index in [4.69, 9.17) is 0 Å². The molecule has 0 aliphatic rings. The van der Waals surface area contributed by atoms with Gasteiger partial charge in [0, 0.05) is 0 Å². The molecule has 1 aromatic carbocycles. The third kappa shape index (κ3) is 3.81. The van der Waals surface area contributed by atoms with Crippen LogP contribution in [0.25, 0.3) is 0 Å². The van der Waals surface area contributed by atoms with Gasteiger partial charge in [-0.1, -0.05) is 19.1 Å². The second kappa shape index (κ2) is 5.96. The van der Waals surface area contributed by atoms with Gasteiger partial charge in [-0.3, -0.25) is 4.79 Å². The van der Waals surface area contributed by atoms with E-state index in [0.29, 0.717) is 0 Å². The minimum Gasteiger partial charge on any atom is -0.348 e. The van der Waals surface area contributed by atoms with Crippen LogP contribution < -0.4 is 10.6 Å². The third-order valence-electron chi connectivity index (χ3n) is 2.90. The molecule has 4 heteroatoms. The highest BCUT2D eigenvalue weighted by molar-refractivity contribution is 5.85. The molecule has 0 spiro atoms. The van der Waals surface area contributed by atoms with Crippen LogP contribution in [0.15, 0.2) is 24.3 Å². The Kier molecular flexibility index (Phi) is 4.84. The average Bonchev–Trinajstić information content (AvgIpc) is 2.29. The first-order valence-electron chi connectivity index (χ1n) is 6.18. The first-order chi connectivity index (χ1) is 8.36. The Bertz CT molecular complexity index is 401. The maximum Gasteiger partial charge on any atom is 0.240 e. The fourth-order valence-corrected chi connectivity index (χ4v) is 1.73. The molecule has 0 fully saturated rings. The maximum atomic E-state index is 12.8. The molecule has 1 amide bonds. The van der Waals surface area contributed by atoms with Crippen LogP contribution >= 0.6 is 0 Å². The van der Waals surface area contributed by atoms with Crippen LogP contribution in [0, 0.1) is 5.82 Å². The minimum absolute atomic E-state index is 0.0684. The van der Waals surface area contributed by atoms with Crippen molar-refractivity contribution in [2.45, 2.75) is 39.3 Å². The lowest BCUT2D eigenvalue weighted by Gasteiger charge is -2.26. The molecule has 0 aliphatic heterocycles. The van der Waals surface area contributed by atoms with E-state index >= 15 is 0 Å². The van der Waals surface area contributed by atoms with E-state index in [1.54, 1.807) is 12.1 Å². The van der Waals surface area contributed by atoms with E-state index < -0.39 is 5.54 Å². The average molecular weight is 252 g/mol. The summed E-state index contributed by atoms with van der Waals surface area (Å²) in [6.45, 7) is 8.24. The van der Waals surface area contributed by atoms with E-state index in [1.807, 2.05) is 27.7 Å². The summed E-state index contributed by atoms with van der Waals surface area (Å²) in [7, 11) is 0. The number of nitrogens with one attached hydrogen (secondary N) is 2. The molecule has 0 saturated heterocycles. The molecule has 0 aromatic heterocycles. The van der Waals surface area contributed by atoms with Crippen molar-refractivity contribution in [2.75, 3.05) is 6.54 Å². The Morgan fingerprint density at radius 3 is 2.39 bits per heavy atom. The van der Waals surface area contributed by atoms with E-state index in [1.165, 1.54) is 12.1 Å². The minimum atomic E-state index is -0.608. The predicted molar refractivity (Wildman–Crippen MR) is 70.7 cm³/mol. The number of likely N-dealkylation sites (N-methyl/N-ethyl adjacent to an activating group) is 1. The fraction of sp³-hybridized carbons (Fsp3) is 0.500. The van der Waals surface area contributed by atoms with Crippen LogP contribution in [0.3, 0.4) is 0 Å². The van der Waals surface area contributed by atoms with Crippen LogP contribution in [0.1, 0.15) is 39.3 Å². The molecule has 1 rings (SSSR count).